The van der Waals surface area contributed by atoms with E-state index in [1.165, 1.54) is 5.69 Å². The van der Waals surface area contributed by atoms with Gasteiger partial charge in [0, 0.05) is 31.0 Å². The zero-order valence-corrected chi connectivity index (χ0v) is 15.8. The summed E-state index contributed by atoms with van der Waals surface area (Å²) in [6.07, 6.45) is 5.94. The van der Waals surface area contributed by atoms with Crippen LogP contribution < -0.4 is 5.73 Å². The third-order valence-electron chi connectivity index (χ3n) is 5.56. The van der Waals surface area contributed by atoms with Crippen LogP contribution in [0.5, 0.6) is 0 Å². The molecule has 144 valence electrons. The van der Waals surface area contributed by atoms with Crippen molar-refractivity contribution >= 4 is 5.91 Å². The Morgan fingerprint density at radius 1 is 1.19 bits per heavy atom. The number of carbonyl (C=O) groups is 1. The molecule has 1 aliphatic heterocycles. The first-order valence-corrected chi connectivity index (χ1v) is 10.0. The Balaban J connectivity index is 1.47. The summed E-state index contributed by atoms with van der Waals surface area (Å²) in [5.74, 6) is 0.0724. The number of carbonyl (C=O) groups excluding carboxylic acids is 1. The number of nitrogens with zero attached hydrogens (tertiary/aromatic N) is 3. The number of piperidine rings is 1. The Kier molecular flexibility index (Phi) is 5.55. The lowest BCUT2D eigenvalue weighted by Crippen LogP contribution is -2.41. The van der Waals surface area contributed by atoms with Crippen LogP contribution in [0.15, 0.2) is 30.3 Å². The van der Waals surface area contributed by atoms with E-state index in [2.05, 4.69) is 0 Å². The number of hydrogen-bond acceptors (Lipinski definition) is 4. The number of ether oxygens (including phenoxy) is 1. The molecule has 4 rings (SSSR count). The van der Waals surface area contributed by atoms with Gasteiger partial charge in [0.15, 0.2) is 5.69 Å². The van der Waals surface area contributed by atoms with Gasteiger partial charge >= 0.3 is 0 Å². The standard InChI is InChI=1S/C21H28N4O2/c22-12-5-15-27-17-10-13-24(14-11-17)21(26)20-18-8-4-9-19(18)25(23-20)16-6-2-1-3-7-16/h1-3,6-7,17H,4-5,8-15,22H2. The number of nitrogens with two attached hydrogens (primary N) is 1. The number of hydrogen-bond donors (Lipinski definition) is 1. The molecule has 2 aliphatic rings. The van der Waals surface area contributed by atoms with E-state index >= 15 is 0 Å². The van der Waals surface area contributed by atoms with Crippen LogP contribution in [0.4, 0.5) is 0 Å². The molecular weight excluding hydrogens is 340 g/mol. The smallest absolute Gasteiger partial charge is 0.274 e. The van der Waals surface area contributed by atoms with Gasteiger partial charge in [-0.15, -0.1) is 0 Å². The lowest BCUT2D eigenvalue weighted by molar-refractivity contribution is 0.00825. The Morgan fingerprint density at radius 2 is 1.96 bits per heavy atom. The highest BCUT2D eigenvalue weighted by molar-refractivity contribution is 5.94. The fourth-order valence-electron chi connectivity index (χ4n) is 4.10. The minimum absolute atomic E-state index is 0.0724. The molecule has 0 radical (unpaired) electrons. The molecule has 27 heavy (non-hydrogen) atoms. The quantitative estimate of drug-likeness (QED) is 0.794. The highest BCUT2D eigenvalue weighted by Gasteiger charge is 2.31. The number of fused-ring (bicyclic) bond motifs is 1. The molecule has 0 saturated carbocycles. The fourth-order valence-corrected chi connectivity index (χ4v) is 4.10. The van der Waals surface area contributed by atoms with Crippen molar-refractivity contribution in [1.29, 1.82) is 0 Å². The summed E-state index contributed by atoms with van der Waals surface area (Å²) in [5, 5.41) is 4.74. The van der Waals surface area contributed by atoms with Crippen molar-refractivity contribution in [3.05, 3.63) is 47.3 Å². The largest absolute Gasteiger partial charge is 0.378 e. The lowest BCUT2D eigenvalue weighted by atomic mass is 10.1. The maximum Gasteiger partial charge on any atom is 0.274 e. The van der Waals surface area contributed by atoms with E-state index in [1.54, 1.807) is 0 Å². The van der Waals surface area contributed by atoms with Gasteiger partial charge in [0.05, 0.1) is 11.8 Å². The fraction of sp³-hybridized carbons (Fsp3) is 0.524. The first kappa shape index (κ1) is 18.2. The maximum absolute atomic E-state index is 13.2. The first-order valence-electron chi connectivity index (χ1n) is 10.0. The second-order valence-corrected chi connectivity index (χ2v) is 7.38. The second kappa shape index (κ2) is 8.23. The van der Waals surface area contributed by atoms with Gasteiger partial charge in [0.2, 0.25) is 0 Å². The van der Waals surface area contributed by atoms with Crippen molar-refractivity contribution in [2.24, 2.45) is 5.73 Å². The van der Waals surface area contributed by atoms with Gasteiger partial charge in [-0.2, -0.15) is 5.10 Å². The van der Waals surface area contributed by atoms with Gasteiger partial charge in [0.1, 0.15) is 0 Å². The molecule has 6 heteroatoms. The van der Waals surface area contributed by atoms with Crippen molar-refractivity contribution in [3.8, 4) is 5.69 Å². The number of benzene rings is 1. The van der Waals surface area contributed by atoms with E-state index in [1.807, 2.05) is 39.9 Å². The molecule has 0 bridgehead atoms. The molecule has 2 heterocycles. The zero-order chi connectivity index (χ0) is 18.6. The van der Waals surface area contributed by atoms with Crippen LogP contribution in [0.1, 0.15) is 47.4 Å². The van der Waals surface area contributed by atoms with Crippen molar-refractivity contribution < 1.29 is 9.53 Å². The SMILES string of the molecule is NCCCOC1CCN(C(=O)c2nn(-c3ccccc3)c3c2CCC3)CC1. The van der Waals surface area contributed by atoms with Crippen molar-refractivity contribution in [1.82, 2.24) is 14.7 Å². The predicted molar refractivity (Wildman–Crippen MR) is 104 cm³/mol. The molecule has 2 N–H and O–H groups in total. The zero-order valence-electron chi connectivity index (χ0n) is 15.8. The summed E-state index contributed by atoms with van der Waals surface area (Å²) in [6, 6.07) is 10.1. The molecule has 0 spiro atoms. The summed E-state index contributed by atoms with van der Waals surface area (Å²) < 4.78 is 7.83. The average molecular weight is 368 g/mol. The van der Waals surface area contributed by atoms with E-state index < -0.39 is 0 Å². The van der Waals surface area contributed by atoms with E-state index in [0.717, 1.165) is 62.9 Å². The maximum atomic E-state index is 13.2. The number of amides is 1. The minimum atomic E-state index is 0.0724. The van der Waals surface area contributed by atoms with E-state index in [0.29, 0.717) is 18.8 Å². The molecular formula is C21H28N4O2. The molecule has 1 fully saturated rings. The summed E-state index contributed by atoms with van der Waals surface area (Å²) in [4.78, 5) is 15.1. The van der Waals surface area contributed by atoms with Crippen LogP contribution in [0.3, 0.4) is 0 Å². The van der Waals surface area contributed by atoms with Gasteiger partial charge in [0.25, 0.3) is 5.91 Å². The Bertz CT molecular complexity index is 779. The van der Waals surface area contributed by atoms with Crippen molar-refractivity contribution in [2.45, 2.75) is 44.6 Å². The van der Waals surface area contributed by atoms with Crippen LogP contribution in [-0.2, 0) is 17.6 Å². The minimum Gasteiger partial charge on any atom is -0.378 e. The van der Waals surface area contributed by atoms with Crippen LogP contribution in [0, 0.1) is 0 Å². The predicted octanol–water partition coefficient (Wildman–Crippen LogP) is 2.33. The average Bonchev–Trinajstić information content (AvgIpc) is 3.32. The second-order valence-electron chi connectivity index (χ2n) is 7.38. The van der Waals surface area contributed by atoms with Gasteiger partial charge in [-0.05, 0) is 57.2 Å². The molecule has 0 atom stereocenters. The van der Waals surface area contributed by atoms with E-state index in [9.17, 15) is 4.79 Å². The van der Waals surface area contributed by atoms with E-state index in [-0.39, 0.29) is 12.0 Å². The number of likely N-dealkylation sites (tertiary alicyclic amines) is 1. The first-order chi connectivity index (χ1) is 13.3. The number of para-hydroxylation sites is 1. The number of aromatic nitrogens is 2. The Hall–Kier alpha value is -2.18. The highest BCUT2D eigenvalue weighted by atomic mass is 16.5. The van der Waals surface area contributed by atoms with Crippen LogP contribution in [0.25, 0.3) is 5.69 Å². The van der Waals surface area contributed by atoms with E-state index in [4.69, 9.17) is 15.6 Å². The van der Waals surface area contributed by atoms with Gasteiger partial charge in [-0.1, -0.05) is 18.2 Å². The van der Waals surface area contributed by atoms with Gasteiger partial charge in [-0.25, -0.2) is 4.68 Å². The summed E-state index contributed by atoms with van der Waals surface area (Å²) in [7, 11) is 0. The molecule has 0 unspecified atom stereocenters. The van der Waals surface area contributed by atoms with Crippen LogP contribution in [0.2, 0.25) is 0 Å². The molecule has 1 saturated heterocycles. The summed E-state index contributed by atoms with van der Waals surface area (Å²) in [5.41, 5.74) is 9.54. The normalized spacial score (nSPS) is 17.3. The summed E-state index contributed by atoms with van der Waals surface area (Å²) >= 11 is 0. The summed E-state index contributed by atoms with van der Waals surface area (Å²) in [6.45, 7) is 2.84. The molecule has 1 aromatic heterocycles. The Morgan fingerprint density at radius 3 is 2.70 bits per heavy atom. The Labute approximate surface area is 160 Å². The molecule has 2 aromatic rings. The van der Waals surface area contributed by atoms with Crippen LogP contribution >= 0.6 is 0 Å². The topological polar surface area (TPSA) is 73.4 Å². The third kappa shape index (κ3) is 3.77. The number of rotatable bonds is 6. The van der Waals surface area contributed by atoms with Crippen LogP contribution in [-0.4, -0.2) is 52.9 Å². The third-order valence-corrected chi connectivity index (χ3v) is 5.56. The van der Waals surface area contributed by atoms with Gasteiger partial charge in [-0.3, -0.25) is 4.79 Å². The highest BCUT2D eigenvalue weighted by Crippen LogP contribution is 2.29. The van der Waals surface area contributed by atoms with Gasteiger partial charge < -0.3 is 15.4 Å². The van der Waals surface area contributed by atoms with Crippen molar-refractivity contribution in [3.63, 3.8) is 0 Å². The molecule has 1 amide bonds. The lowest BCUT2D eigenvalue weighted by Gasteiger charge is -2.31. The molecule has 1 aromatic carbocycles. The monoisotopic (exact) mass is 368 g/mol. The molecule has 6 nitrogen and oxygen atoms in total. The molecule has 1 aliphatic carbocycles. The van der Waals surface area contributed by atoms with Crippen molar-refractivity contribution in [2.75, 3.05) is 26.2 Å².